The number of carbonyl (C=O) groups is 1. The average molecular weight is 601 g/mol. The van der Waals surface area contributed by atoms with Crippen LogP contribution in [-0.4, -0.2) is 21.8 Å². The Bertz CT molecular complexity index is 1810. The molecule has 0 spiro atoms. The number of thiophene rings is 1. The maximum Gasteiger partial charge on any atom is 0.416 e. The zero-order valence-electron chi connectivity index (χ0n) is 22.3. The number of benzene rings is 2. The minimum Gasteiger partial charge on any atom is -0.380 e. The van der Waals surface area contributed by atoms with E-state index in [2.05, 4.69) is 36.2 Å². The highest BCUT2D eigenvalue weighted by molar-refractivity contribution is 7.12. The Labute approximate surface area is 248 Å². The summed E-state index contributed by atoms with van der Waals surface area (Å²) in [4.78, 5) is 26.2. The van der Waals surface area contributed by atoms with Crippen molar-refractivity contribution in [3.63, 3.8) is 0 Å². The molecule has 0 saturated heterocycles. The Morgan fingerprint density at radius 2 is 1.74 bits per heavy atom. The van der Waals surface area contributed by atoms with Crippen LogP contribution in [0.3, 0.4) is 0 Å². The number of amides is 1. The normalized spacial score (nSPS) is 11.5. The number of alkyl halides is 3. The number of anilines is 3. The summed E-state index contributed by atoms with van der Waals surface area (Å²) in [5.74, 6) is -0.667. The van der Waals surface area contributed by atoms with Gasteiger partial charge in [0.1, 0.15) is 4.88 Å². The number of pyridine rings is 2. The van der Waals surface area contributed by atoms with E-state index >= 15 is 0 Å². The molecule has 0 bridgehead atoms. The molecule has 3 aromatic heterocycles. The van der Waals surface area contributed by atoms with Crippen LogP contribution in [0.15, 0.2) is 95.6 Å². The van der Waals surface area contributed by atoms with Gasteiger partial charge in [-0.15, -0.1) is 11.3 Å². The molecule has 5 rings (SSSR count). The minimum absolute atomic E-state index is 0.0401. The highest BCUT2D eigenvalue weighted by Gasteiger charge is 2.31. The average Bonchev–Trinajstić information content (AvgIpc) is 3.48. The van der Waals surface area contributed by atoms with Gasteiger partial charge >= 0.3 is 6.18 Å². The number of aliphatic imine (C=N–C) groups is 1. The molecule has 0 aliphatic heterocycles. The van der Waals surface area contributed by atoms with E-state index < -0.39 is 17.6 Å². The van der Waals surface area contributed by atoms with Gasteiger partial charge < -0.3 is 16.0 Å². The summed E-state index contributed by atoms with van der Waals surface area (Å²) in [7, 11) is 0. The van der Waals surface area contributed by atoms with Crippen molar-refractivity contribution in [2.45, 2.75) is 19.3 Å². The van der Waals surface area contributed by atoms with E-state index in [4.69, 9.17) is 5.26 Å². The topological polar surface area (TPSA) is 127 Å². The molecule has 0 fully saturated rings. The van der Waals surface area contributed by atoms with E-state index in [9.17, 15) is 18.0 Å². The lowest BCUT2D eigenvalue weighted by atomic mass is 10.1. The van der Waals surface area contributed by atoms with E-state index in [1.165, 1.54) is 6.07 Å². The van der Waals surface area contributed by atoms with Crippen molar-refractivity contribution < 1.29 is 18.0 Å². The quantitative estimate of drug-likeness (QED) is 0.0683. The lowest BCUT2D eigenvalue weighted by molar-refractivity contribution is -0.137. The van der Waals surface area contributed by atoms with Gasteiger partial charge in [0.15, 0.2) is 6.19 Å². The summed E-state index contributed by atoms with van der Waals surface area (Å²) in [5, 5.41) is 22.7. The molecule has 5 aromatic rings. The standard InChI is InChI=1S/C30H23F3N8OS/c31-30(32,33)20-13-22(15-23(14-20)41-29(39-18-34)38-17-21-5-3-4-10-35-21)40-28(42)27-26(9-12-43-27)37-16-19-8-11-36-25-7-2-1-6-24(19)25/h1-15,37H,16-17H2,(H,40,42)(H2,38,39,41). The molecule has 0 atom stereocenters. The van der Waals surface area contributed by atoms with Crippen molar-refractivity contribution in [3.05, 3.63) is 112 Å². The molecule has 13 heteroatoms. The third-order valence-electron chi connectivity index (χ3n) is 6.16. The van der Waals surface area contributed by atoms with Crippen LogP contribution in [0.4, 0.5) is 30.2 Å². The first-order valence-electron chi connectivity index (χ1n) is 12.8. The van der Waals surface area contributed by atoms with Crippen LogP contribution in [0, 0.1) is 11.5 Å². The number of guanidine groups is 1. The number of para-hydroxylation sites is 1. The van der Waals surface area contributed by atoms with Crippen molar-refractivity contribution in [3.8, 4) is 6.19 Å². The van der Waals surface area contributed by atoms with E-state index in [-0.39, 0.29) is 23.9 Å². The highest BCUT2D eigenvalue weighted by atomic mass is 32.1. The van der Waals surface area contributed by atoms with Crippen molar-refractivity contribution in [2.24, 2.45) is 4.99 Å². The number of aromatic nitrogens is 2. The minimum atomic E-state index is -4.70. The van der Waals surface area contributed by atoms with Crippen molar-refractivity contribution >= 4 is 51.2 Å². The first-order valence-corrected chi connectivity index (χ1v) is 13.7. The second-order valence-corrected chi connectivity index (χ2v) is 10.0. The SMILES string of the molecule is N#CNC(=NCc1ccccn1)Nc1cc(NC(=O)c2sccc2NCc2ccnc3ccccc23)cc(C(F)(F)F)c1. The molecule has 4 N–H and O–H groups in total. The van der Waals surface area contributed by atoms with Gasteiger partial charge in [-0.3, -0.25) is 20.1 Å². The Morgan fingerprint density at radius 3 is 2.51 bits per heavy atom. The summed E-state index contributed by atoms with van der Waals surface area (Å²) >= 11 is 1.16. The fourth-order valence-corrected chi connectivity index (χ4v) is 4.96. The predicted molar refractivity (Wildman–Crippen MR) is 161 cm³/mol. The third kappa shape index (κ3) is 7.43. The number of rotatable bonds is 8. The largest absolute Gasteiger partial charge is 0.416 e. The molecule has 9 nitrogen and oxygen atoms in total. The molecule has 0 aliphatic carbocycles. The zero-order chi connectivity index (χ0) is 30.2. The van der Waals surface area contributed by atoms with Gasteiger partial charge in [-0.05, 0) is 59.5 Å². The van der Waals surface area contributed by atoms with Gasteiger partial charge in [0.2, 0.25) is 5.96 Å². The molecule has 0 saturated carbocycles. The highest BCUT2D eigenvalue weighted by Crippen LogP contribution is 2.34. The maximum atomic E-state index is 13.8. The molecule has 216 valence electrons. The monoisotopic (exact) mass is 600 g/mol. The lowest BCUT2D eigenvalue weighted by Gasteiger charge is -2.15. The van der Waals surface area contributed by atoms with Gasteiger partial charge in [0.05, 0.1) is 29.0 Å². The molecule has 1 amide bonds. The Hall–Kier alpha value is -5.48. The van der Waals surface area contributed by atoms with Crippen molar-refractivity contribution in [1.29, 1.82) is 5.26 Å². The molecule has 0 unspecified atom stereocenters. The molecule has 3 heterocycles. The molecule has 0 aliphatic rings. The van der Waals surface area contributed by atoms with E-state index in [1.807, 2.05) is 30.3 Å². The smallest absolute Gasteiger partial charge is 0.380 e. The van der Waals surface area contributed by atoms with Crippen molar-refractivity contribution in [1.82, 2.24) is 15.3 Å². The number of carbonyl (C=O) groups excluding carboxylic acids is 1. The number of fused-ring (bicyclic) bond motifs is 1. The molecule has 0 radical (unpaired) electrons. The number of hydrogen-bond acceptors (Lipinski definition) is 7. The number of nitriles is 1. The molecule has 43 heavy (non-hydrogen) atoms. The van der Waals surface area contributed by atoms with Gasteiger partial charge in [0, 0.05) is 35.7 Å². The first-order chi connectivity index (χ1) is 20.8. The van der Waals surface area contributed by atoms with E-state index in [1.54, 1.807) is 48.2 Å². The number of nitrogens with zero attached hydrogens (tertiary/aromatic N) is 4. The van der Waals surface area contributed by atoms with Crippen LogP contribution >= 0.6 is 11.3 Å². The van der Waals surface area contributed by atoms with Gasteiger partial charge in [-0.2, -0.15) is 18.4 Å². The third-order valence-corrected chi connectivity index (χ3v) is 7.07. The van der Waals surface area contributed by atoms with Crippen LogP contribution in [0.25, 0.3) is 10.9 Å². The Morgan fingerprint density at radius 1 is 0.953 bits per heavy atom. The summed E-state index contributed by atoms with van der Waals surface area (Å²) in [5.41, 5.74) is 1.82. The summed E-state index contributed by atoms with van der Waals surface area (Å²) in [6, 6.07) is 19.6. The Kier molecular flexibility index (Phi) is 8.78. The lowest BCUT2D eigenvalue weighted by Crippen LogP contribution is -2.27. The second-order valence-electron chi connectivity index (χ2n) is 9.10. The van der Waals surface area contributed by atoms with E-state index in [0.29, 0.717) is 22.8 Å². The van der Waals surface area contributed by atoms with Crippen LogP contribution in [0.2, 0.25) is 0 Å². The summed E-state index contributed by atoms with van der Waals surface area (Å²) in [6.45, 7) is 0.480. The fourth-order valence-electron chi connectivity index (χ4n) is 4.20. The summed E-state index contributed by atoms with van der Waals surface area (Å²) < 4.78 is 41.4. The molecule has 2 aromatic carbocycles. The maximum absolute atomic E-state index is 13.8. The predicted octanol–water partition coefficient (Wildman–Crippen LogP) is 6.61. The molecular weight excluding hydrogens is 577 g/mol. The molecular formula is C30H23F3N8OS. The summed E-state index contributed by atoms with van der Waals surface area (Å²) in [6.07, 6.45) is 0.295. The zero-order valence-corrected chi connectivity index (χ0v) is 23.1. The van der Waals surface area contributed by atoms with Gasteiger partial charge in [-0.25, -0.2) is 4.99 Å². The Balaban J connectivity index is 1.35. The van der Waals surface area contributed by atoms with Crippen LogP contribution in [0.1, 0.15) is 26.5 Å². The van der Waals surface area contributed by atoms with Crippen LogP contribution in [-0.2, 0) is 19.3 Å². The van der Waals surface area contributed by atoms with Gasteiger partial charge in [0.25, 0.3) is 5.91 Å². The van der Waals surface area contributed by atoms with Crippen LogP contribution < -0.4 is 21.3 Å². The first kappa shape index (κ1) is 29.0. The second kappa shape index (κ2) is 13.0. The fraction of sp³-hybridized carbons (Fsp3) is 0.100. The number of nitrogens with one attached hydrogen (secondary N) is 4. The number of halogens is 3. The number of hydrogen-bond donors (Lipinski definition) is 4. The van der Waals surface area contributed by atoms with E-state index in [0.717, 1.165) is 39.9 Å². The van der Waals surface area contributed by atoms with Gasteiger partial charge in [-0.1, -0.05) is 24.3 Å². The van der Waals surface area contributed by atoms with Crippen molar-refractivity contribution in [2.75, 3.05) is 16.0 Å². The van der Waals surface area contributed by atoms with Crippen LogP contribution in [0.5, 0.6) is 0 Å².